The summed E-state index contributed by atoms with van der Waals surface area (Å²) < 4.78 is 6.52. The lowest BCUT2D eigenvalue weighted by atomic mass is 10.3. The molecule has 5 nitrogen and oxygen atoms in total. The summed E-state index contributed by atoms with van der Waals surface area (Å²) in [5.74, 6) is -0.342. The minimum absolute atomic E-state index is 0.187. The Balaban J connectivity index is 2.45. The molecule has 1 rings (SSSR count). The second-order valence-electron chi connectivity index (χ2n) is 3.14. The minimum atomic E-state index is -0.342. The van der Waals surface area contributed by atoms with E-state index in [0.29, 0.717) is 18.7 Å². The number of carbonyl (C=O) groups is 1. The third-order valence-electron chi connectivity index (χ3n) is 1.94. The lowest BCUT2D eigenvalue weighted by molar-refractivity contribution is 0.0526. The van der Waals surface area contributed by atoms with Crippen molar-refractivity contribution in [1.82, 2.24) is 9.78 Å². The Hall–Kier alpha value is -1.36. The molecular formula is C10H16N2O3. The van der Waals surface area contributed by atoms with E-state index in [2.05, 4.69) is 5.10 Å². The zero-order valence-corrected chi connectivity index (χ0v) is 8.85. The lowest BCUT2D eigenvalue weighted by Gasteiger charge is -1.99. The number of hydrogen-bond donors (Lipinski definition) is 1. The van der Waals surface area contributed by atoms with Gasteiger partial charge in [0.05, 0.1) is 18.4 Å². The molecule has 0 aliphatic heterocycles. The highest BCUT2D eigenvalue weighted by Crippen LogP contribution is 2.02. The van der Waals surface area contributed by atoms with Gasteiger partial charge in [-0.25, -0.2) is 4.79 Å². The SMILES string of the molecule is CCOC(=O)c1cnn(CCCCO)c1. The van der Waals surface area contributed by atoms with Crippen molar-refractivity contribution >= 4 is 5.97 Å². The van der Waals surface area contributed by atoms with Crippen LogP contribution < -0.4 is 0 Å². The maximum Gasteiger partial charge on any atom is 0.341 e. The fourth-order valence-electron chi connectivity index (χ4n) is 1.19. The Morgan fingerprint density at radius 3 is 3.07 bits per heavy atom. The number of rotatable bonds is 6. The number of hydrogen-bond acceptors (Lipinski definition) is 4. The fourth-order valence-corrected chi connectivity index (χ4v) is 1.19. The second-order valence-corrected chi connectivity index (χ2v) is 3.14. The summed E-state index contributed by atoms with van der Waals surface area (Å²) >= 11 is 0. The molecule has 1 aromatic rings. The average Bonchev–Trinajstić information content (AvgIpc) is 2.67. The number of unbranched alkanes of at least 4 members (excludes halogenated alkanes) is 1. The van der Waals surface area contributed by atoms with Crippen molar-refractivity contribution in [2.75, 3.05) is 13.2 Å². The van der Waals surface area contributed by atoms with Gasteiger partial charge in [-0.3, -0.25) is 4.68 Å². The van der Waals surface area contributed by atoms with Gasteiger partial charge in [0.1, 0.15) is 0 Å². The third-order valence-corrected chi connectivity index (χ3v) is 1.94. The van der Waals surface area contributed by atoms with Gasteiger partial charge in [-0.2, -0.15) is 5.10 Å². The first kappa shape index (κ1) is 11.7. The highest BCUT2D eigenvalue weighted by atomic mass is 16.5. The predicted molar refractivity (Wildman–Crippen MR) is 54.5 cm³/mol. The quantitative estimate of drug-likeness (QED) is 0.560. The van der Waals surface area contributed by atoms with E-state index in [1.165, 1.54) is 6.20 Å². The number of carbonyl (C=O) groups excluding carboxylic acids is 1. The van der Waals surface area contributed by atoms with E-state index in [9.17, 15) is 4.79 Å². The van der Waals surface area contributed by atoms with Crippen LogP contribution in [0.1, 0.15) is 30.1 Å². The van der Waals surface area contributed by atoms with Gasteiger partial charge in [0.25, 0.3) is 0 Å². The topological polar surface area (TPSA) is 64.3 Å². The van der Waals surface area contributed by atoms with Crippen LogP contribution in [0.4, 0.5) is 0 Å². The van der Waals surface area contributed by atoms with Crippen LogP contribution in [0.25, 0.3) is 0 Å². The van der Waals surface area contributed by atoms with Crippen LogP contribution >= 0.6 is 0 Å². The molecule has 0 aliphatic rings. The average molecular weight is 212 g/mol. The maximum atomic E-state index is 11.3. The molecule has 0 aromatic carbocycles. The van der Waals surface area contributed by atoms with Gasteiger partial charge in [-0.05, 0) is 19.8 Å². The summed E-state index contributed by atoms with van der Waals surface area (Å²) in [6, 6.07) is 0. The lowest BCUT2D eigenvalue weighted by Crippen LogP contribution is -2.03. The molecule has 1 heterocycles. The predicted octanol–water partition coefficient (Wildman–Crippen LogP) is 0.832. The molecule has 1 N–H and O–H groups in total. The Labute approximate surface area is 88.7 Å². The number of aliphatic hydroxyl groups is 1. The normalized spacial score (nSPS) is 10.3. The van der Waals surface area contributed by atoms with Crippen molar-refractivity contribution in [2.24, 2.45) is 0 Å². The van der Waals surface area contributed by atoms with Crippen LogP contribution in [-0.2, 0) is 11.3 Å². The first-order valence-electron chi connectivity index (χ1n) is 5.08. The molecule has 0 bridgehead atoms. The first-order chi connectivity index (χ1) is 7.27. The Morgan fingerprint density at radius 1 is 1.60 bits per heavy atom. The van der Waals surface area contributed by atoms with Gasteiger partial charge in [0, 0.05) is 19.3 Å². The van der Waals surface area contributed by atoms with Crippen LogP contribution in [0.5, 0.6) is 0 Å². The van der Waals surface area contributed by atoms with Crippen molar-refractivity contribution in [3.63, 3.8) is 0 Å². The summed E-state index contributed by atoms with van der Waals surface area (Å²) in [7, 11) is 0. The van der Waals surface area contributed by atoms with Crippen LogP contribution in [0.2, 0.25) is 0 Å². The molecule has 1 aromatic heterocycles. The van der Waals surface area contributed by atoms with Gasteiger partial charge in [-0.15, -0.1) is 0 Å². The molecule has 0 atom stereocenters. The summed E-state index contributed by atoms with van der Waals surface area (Å²) in [5.41, 5.74) is 0.473. The molecule has 5 heteroatoms. The van der Waals surface area contributed by atoms with Crippen molar-refractivity contribution in [3.8, 4) is 0 Å². The Morgan fingerprint density at radius 2 is 2.40 bits per heavy atom. The molecule has 0 amide bonds. The number of aryl methyl sites for hydroxylation is 1. The van der Waals surface area contributed by atoms with Crippen LogP contribution in [0.3, 0.4) is 0 Å². The molecular weight excluding hydrogens is 196 g/mol. The molecule has 0 saturated heterocycles. The van der Waals surface area contributed by atoms with E-state index in [1.54, 1.807) is 17.8 Å². The third kappa shape index (κ3) is 3.71. The number of ether oxygens (including phenoxy) is 1. The van der Waals surface area contributed by atoms with Crippen molar-refractivity contribution in [2.45, 2.75) is 26.3 Å². The van der Waals surface area contributed by atoms with Crippen molar-refractivity contribution < 1.29 is 14.6 Å². The molecule has 0 aliphatic carbocycles. The number of aromatic nitrogens is 2. The molecule has 0 unspecified atom stereocenters. The van der Waals surface area contributed by atoms with E-state index in [4.69, 9.17) is 9.84 Å². The van der Waals surface area contributed by atoms with Crippen LogP contribution in [0.15, 0.2) is 12.4 Å². The largest absolute Gasteiger partial charge is 0.462 e. The highest BCUT2D eigenvalue weighted by Gasteiger charge is 2.08. The monoisotopic (exact) mass is 212 g/mol. The summed E-state index contributed by atoms with van der Waals surface area (Å²) in [4.78, 5) is 11.3. The smallest absolute Gasteiger partial charge is 0.341 e. The van der Waals surface area contributed by atoms with E-state index in [1.807, 2.05) is 0 Å². The number of esters is 1. The van der Waals surface area contributed by atoms with Crippen LogP contribution in [0, 0.1) is 0 Å². The highest BCUT2D eigenvalue weighted by molar-refractivity contribution is 5.88. The Kier molecular flexibility index (Phi) is 4.83. The maximum absolute atomic E-state index is 11.3. The molecule has 0 saturated carbocycles. The van der Waals surface area contributed by atoms with Gasteiger partial charge in [0.2, 0.25) is 0 Å². The molecule has 84 valence electrons. The zero-order valence-electron chi connectivity index (χ0n) is 8.85. The van der Waals surface area contributed by atoms with Gasteiger partial charge in [-0.1, -0.05) is 0 Å². The standard InChI is InChI=1S/C10H16N2O3/c1-2-15-10(14)9-7-11-12(8-9)5-3-4-6-13/h7-8,13H,2-6H2,1H3. The summed E-state index contributed by atoms with van der Waals surface area (Å²) in [6.45, 7) is 3.03. The van der Waals surface area contributed by atoms with Gasteiger partial charge < -0.3 is 9.84 Å². The molecule has 0 spiro atoms. The number of nitrogens with zero attached hydrogens (tertiary/aromatic N) is 2. The summed E-state index contributed by atoms with van der Waals surface area (Å²) in [6.07, 6.45) is 4.75. The summed E-state index contributed by atoms with van der Waals surface area (Å²) in [5, 5.41) is 12.6. The van der Waals surface area contributed by atoms with Crippen molar-refractivity contribution in [3.05, 3.63) is 18.0 Å². The van der Waals surface area contributed by atoms with Gasteiger partial charge in [0.15, 0.2) is 0 Å². The molecule has 0 radical (unpaired) electrons. The first-order valence-corrected chi connectivity index (χ1v) is 5.08. The van der Waals surface area contributed by atoms with E-state index in [0.717, 1.165) is 12.8 Å². The van der Waals surface area contributed by atoms with Gasteiger partial charge >= 0.3 is 5.97 Å². The van der Waals surface area contributed by atoms with E-state index >= 15 is 0 Å². The molecule has 15 heavy (non-hydrogen) atoms. The van der Waals surface area contributed by atoms with Crippen LogP contribution in [-0.4, -0.2) is 34.1 Å². The van der Waals surface area contributed by atoms with E-state index in [-0.39, 0.29) is 12.6 Å². The Bertz CT molecular complexity index is 309. The fraction of sp³-hybridized carbons (Fsp3) is 0.600. The minimum Gasteiger partial charge on any atom is -0.462 e. The molecule has 0 fully saturated rings. The van der Waals surface area contributed by atoms with Crippen molar-refractivity contribution in [1.29, 1.82) is 0 Å². The van der Waals surface area contributed by atoms with E-state index < -0.39 is 0 Å². The number of aliphatic hydroxyl groups excluding tert-OH is 1. The zero-order chi connectivity index (χ0) is 11.1. The second kappa shape index (κ2) is 6.19.